The lowest BCUT2D eigenvalue weighted by Crippen LogP contribution is -2.41. The largest absolute Gasteiger partial charge is 0.340 e. The van der Waals surface area contributed by atoms with Crippen LogP contribution in [0.3, 0.4) is 0 Å². The van der Waals surface area contributed by atoms with E-state index in [-0.39, 0.29) is 24.9 Å². The van der Waals surface area contributed by atoms with E-state index < -0.39 is 24.9 Å². The second-order valence-corrected chi connectivity index (χ2v) is 5.84. The molecule has 1 aliphatic heterocycles. The number of nitrogens with one attached hydrogen (secondary N) is 1. The smallest absolute Gasteiger partial charge is 0.262 e. The van der Waals surface area contributed by atoms with Crippen LogP contribution < -0.4 is 5.32 Å². The van der Waals surface area contributed by atoms with Crippen LogP contribution in [0.15, 0.2) is 18.2 Å². The van der Waals surface area contributed by atoms with E-state index >= 15 is 0 Å². The summed E-state index contributed by atoms with van der Waals surface area (Å²) < 4.78 is 26.2. The number of hydrogen-bond donors (Lipinski definition) is 1. The van der Waals surface area contributed by atoms with Gasteiger partial charge in [-0.1, -0.05) is 23.2 Å². The van der Waals surface area contributed by atoms with Crippen LogP contribution in [0.25, 0.3) is 0 Å². The molecule has 118 valence electrons. The van der Waals surface area contributed by atoms with Gasteiger partial charge in [0.05, 0.1) is 12.6 Å². The highest BCUT2D eigenvalue weighted by molar-refractivity contribution is 6.34. The summed E-state index contributed by atoms with van der Waals surface area (Å²) in [6, 6.07) is 4.12. The van der Waals surface area contributed by atoms with Gasteiger partial charge in [0.2, 0.25) is 5.91 Å². The summed E-state index contributed by atoms with van der Waals surface area (Å²) in [5.74, 6) is -3.18. The Kier molecular flexibility index (Phi) is 6.23. The Morgan fingerprint density at radius 2 is 1.95 bits per heavy atom. The Labute approximate surface area is 138 Å². The highest BCUT2D eigenvalue weighted by atomic mass is 35.5. The quantitative estimate of drug-likeness (QED) is 0.897. The number of hydrogen-bond acceptors (Lipinski definition) is 2. The van der Waals surface area contributed by atoms with Crippen LogP contribution in [0.5, 0.6) is 0 Å². The fourth-order valence-corrected chi connectivity index (χ4v) is 2.78. The normalized spacial score (nSPS) is 20.0. The minimum atomic E-state index is -2.82. The monoisotopic (exact) mass is 358 g/mol. The molecule has 2 rings (SSSR count). The molecule has 0 spiro atoms. The van der Waals surface area contributed by atoms with E-state index in [0.29, 0.717) is 10.0 Å². The molecule has 3 nitrogen and oxygen atoms in total. The third-order valence-corrected chi connectivity index (χ3v) is 3.56. The molecule has 21 heavy (non-hydrogen) atoms. The summed E-state index contributed by atoms with van der Waals surface area (Å²) in [6.45, 7) is -0.191. The number of rotatable bonds is 3. The summed E-state index contributed by atoms with van der Waals surface area (Å²) >= 11 is 11.8. The van der Waals surface area contributed by atoms with Gasteiger partial charge in [0.1, 0.15) is 0 Å². The van der Waals surface area contributed by atoms with Crippen molar-refractivity contribution >= 4 is 41.5 Å². The average Bonchev–Trinajstić information content (AvgIpc) is 2.67. The van der Waals surface area contributed by atoms with E-state index in [1.807, 2.05) is 0 Å². The third kappa shape index (κ3) is 4.95. The Bertz CT molecular complexity index is 508. The van der Waals surface area contributed by atoms with Crippen molar-refractivity contribution < 1.29 is 13.6 Å². The van der Waals surface area contributed by atoms with Gasteiger partial charge in [-0.3, -0.25) is 10.1 Å². The van der Waals surface area contributed by atoms with Crippen molar-refractivity contribution in [2.24, 2.45) is 0 Å². The molecule has 1 heterocycles. The Morgan fingerprint density at radius 1 is 1.38 bits per heavy atom. The molecule has 1 fully saturated rings. The van der Waals surface area contributed by atoms with Crippen LogP contribution in [0.2, 0.25) is 10.0 Å². The molecular formula is C13H15Cl3F2N2O. The fraction of sp³-hybridized carbons (Fsp3) is 0.462. The van der Waals surface area contributed by atoms with Crippen LogP contribution in [-0.4, -0.2) is 36.4 Å². The molecule has 1 aliphatic rings. The van der Waals surface area contributed by atoms with E-state index in [2.05, 4.69) is 5.32 Å². The first-order valence-electron chi connectivity index (χ1n) is 6.08. The van der Waals surface area contributed by atoms with Crippen molar-refractivity contribution in [1.82, 2.24) is 10.2 Å². The van der Waals surface area contributed by atoms with Crippen molar-refractivity contribution in [3.8, 4) is 0 Å². The van der Waals surface area contributed by atoms with Crippen molar-refractivity contribution in [1.29, 1.82) is 0 Å². The van der Waals surface area contributed by atoms with Crippen molar-refractivity contribution in [3.05, 3.63) is 33.8 Å². The highest BCUT2D eigenvalue weighted by Gasteiger charge is 2.43. The zero-order valence-electron chi connectivity index (χ0n) is 11.2. The highest BCUT2D eigenvalue weighted by Crippen LogP contribution is 2.26. The van der Waals surface area contributed by atoms with Gasteiger partial charge in [0.15, 0.2) is 0 Å². The molecule has 1 atom stereocenters. The van der Waals surface area contributed by atoms with Gasteiger partial charge in [-0.15, -0.1) is 12.4 Å². The van der Waals surface area contributed by atoms with Gasteiger partial charge < -0.3 is 4.90 Å². The van der Waals surface area contributed by atoms with E-state index in [1.165, 1.54) is 4.90 Å². The van der Waals surface area contributed by atoms with E-state index in [4.69, 9.17) is 23.2 Å². The number of nitrogens with zero attached hydrogens (tertiary/aromatic N) is 1. The molecule has 8 heteroatoms. The van der Waals surface area contributed by atoms with E-state index in [0.717, 1.165) is 5.56 Å². The lowest BCUT2D eigenvalue weighted by atomic mass is 10.1. The number of halogens is 5. The predicted octanol–water partition coefficient (Wildman–Crippen LogP) is 3.37. The minimum absolute atomic E-state index is 0. The molecule has 1 saturated heterocycles. The molecule has 1 aromatic rings. The Hall–Kier alpha value is -0.620. The molecule has 0 aliphatic carbocycles. The summed E-state index contributed by atoms with van der Waals surface area (Å²) in [5, 5.41) is 3.49. The number of alkyl halides is 2. The summed E-state index contributed by atoms with van der Waals surface area (Å²) in [4.78, 5) is 13.5. The molecule has 0 saturated carbocycles. The topological polar surface area (TPSA) is 32.3 Å². The van der Waals surface area contributed by atoms with Crippen molar-refractivity contribution in [2.75, 3.05) is 13.6 Å². The molecule has 1 N–H and O–H groups in total. The van der Waals surface area contributed by atoms with Gasteiger partial charge >= 0.3 is 0 Å². The standard InChI is InChI=1S/C13H14Cl2F2N2O.ClH/c1-19(6-8-2-9(14)4-10(15)3-8)12(20)11-5-13(16,17)7-18-11;/h2-4,11,18H,5-7H2,1H3;1H. The van der Waals surface area contributed by atoms with Gasteiger partial charge in [-0.25, -0.2) is 8.78 Å². The Balaban J connectivity index is 0.00000220. The lowest BCUT2D eigenvalue weighted by Gasteiger charge is -2.21. The van der Waals surface area contributed by atoms with Gasteiger partial charge in [0.25, 0.3) is 5.92 Å². The first-order chi connectivity index (χ1) is 9.27. The zero-order valence-corrected chi connectivity index (χ0v) is 13.5. The first kappa shape index (κ1) is 18.4. The van der Waals surface area contributed by atoms with Gasteiger partial charge in [-0.2, -0.15) is 0 Å². The summed E-state index contributed by atoms with van der Waals surface area (Å²) in [7, 11) is 1.56. The number of amides is 1. The molecule has 1 aromatic carbocycles. The average molecular weight is 360 g/mol. The maximum atomic E-state index is 13.1. The predicted molar refractivity (Wildman–Crippen MR) is 81.5 cm³/mol. The zero-order chi connectivity index (χ0) is 14.9. The van der Waals surface area contributed by atoms with Gasteiger partial charge in [0, 0.05) is 30.1 Å². The van der Waals surface area contributed by atoms with Crippen molar-refractivity contribution in [2.45, 2.75) is 24.9 Å². The number of carbonyl (C=O) groups is 1. The Morgan fingerprint density at radius 3 is 2.43 bits per heavy atom. The van der Waals surface area contributed by atoms with Crippen LogP contribution in [0.1, 0.15) is 12.0 Å². The van der Waals surface area contributed by atoms with Crippen LogP contribution in [0.4, 0.5) is 8.78 Å². The molecular weight excluding hydrogens is 345 g/mol. The second kappa shape index (κ2) is 7.09. The SMILES string of the molecule is CN(Cc1cc(Cl)cc(Cl)c1)C(=O)C1CC(F)(F)CN1.Cl. The van der Waals surface area contributed by atoms with Crippen LogP contribution in [-0.2, 0) is 11.3 Å². The maximum absolute atomic E-state index is 13.1. The minimum Gasteiger partial charge on any atom is -0.340 e. The first-order valence-corrected chi connectivity index (χ1v) is 6.83. The molecule has 1 unspecified atom stereocenters. The van der Waals surface area contributed by atoms with Crippen LogP contribution in [0, 0.1) is 0 Å². The van der Waals surface area contributed by atoms with Gasteiger partial charge in [-0.05, 0) is 23.8 Å². The number of carbonyl (C=O) groups excluding carboxylic acids is 1. The van der Waals surface area contributed by atoms with E-state index in [1.54, 1.807) is 25.2 Å². The molecule has 0 aromatic heterocycles. The maximum Gasteiger partial charge on any atom is 0.262 e. The summed E-state index contributed by atoms with van der Waals surface area (Å²) in [5.41, 5.74) is 0.753. The third-order valence-electron chi connectivity index (χ3n) is 3.13. The van der Waals surface area contributed by atoms with Crippen LogP contribution >= 0.6 is 35.6 Å². The number of likely N-dealkylation sites (N-methyl/N-ethyl adjacent to an activating group) is 1. The lowest BCUT2D eigenvalue weighted by molar-refractivity contribution is -0.132. The fourth-order valence-electron chi connectivity index (χ4n) is 2.21. The number of benzene rings is 1. The van der Waals surface area contributed by atoms with E-state index in [9.17, 15) is 13.6 Å². The molecule has 0 radical (unpaired) electrons. The molecule has 1 amide bonds. The molecule has 0 bridgehead atoms. The summed E-state index contributed by atoms with van der Waals surface area (Å²) in [6.07, 6.45) is -0.466. The second-order valence-electron chi connectivity index (χ2n) is 4.97. The van der Waals surface area contributed by atoms with Crippen molar-refractivity contribution in [3.63, 3.8) is 0 Å².